The SMILES string of the molecule is CC1(C)N=C(c2cc3ccccc3nn2)c2cccc(C(F)(F)F)c2C1(C)C. The Kier molecular flexibility index (Phi) is 3.90. The fraction of sp³-hybridized carbons (Fsp3) is 0.318. The molecule has 0 saturated carbocycles. The van der Waals surface area contributed by atoms with Crippen molar-refractivity contribution in [2.24, 2.45) is 4.99 Å². The van der Waals surface area contributed by atoms with E-state index < -0.39 is 22.7 Å². The molecule has 0 saturated heterocycles. The maximum absolute atomic E-state index is 13.8. The normalized spacial score (nSPS) is 17.9. The van der Waals surface area contributed by atoms with Gasteiger partial charge in [0.2, 0.25) is 0 Å². The van der Waals surface area contributed by atoms with Gasteiger partial charge in [0, 0.05) is 16.4 Å². The first-order valence-electron chi connectivity index (χ1n) is 9.06. The molecular formula is C22H20F3N3. The van der Waals surface area contributed by atoms with Crippen molar-refractivity contribution in [2.75, 3.05) is 0 Å². The highest BCUT2D eigenvalue weighted by molar-refractivity contribution is 6.14. The van der Waals surface area contributed by atoms with Gasteiger partial charge >= 0.3 is 6.18 Å². The van der Waals surface area contributed by atoms with Crippen molar-refractivity contribution >= 4 is 16.6 Å². The molecule has 4 rings (SSSR count). The molecule has 1 aliphatic rings. The van der Waals surface area contributed by atoms with E-state index in [9.17, 15) is 13.2 Å². The maximum Gasteiger partial charge on any atom is 0.416 e. The number of hydrogen-bond donors (Lipinski definition) is 0. The Morgan fingerprint density at radius 2 is 1.57 bits per heavy atom. The highest BCUT2D eigenvalue weighted by Crippen LogP contribution is 2.48. The average Bonchev–Trinajstić information content (AvgIpc) is 2.63. The van der Waals surface area contributed by atoms with Crippen LogP contribution in [0.2, 0.25) is 0 Å². The average molecular weight is 383 g/mol. The Morgan fingerprint density at radius 3 is 2.29 bits per heavy atom. The smallest absolute Gasteiger partial charge is 0.275 e. The van der Waals surface area contributed by atoms with Gasteiger partial charge in [0.15, 0.2) is 0 Å². The molecule has 2 heterocycles. The number of alkyl halides is 3. The van der Waals surface area contributed by atoms with E-state index in [-0.39, 0.29) is 5.56 Å². The summed E-state index contributed by atoms with van der Waals surface area (Å²) in [5.74, 6) is 0. The Morgan fingerprint density at radius 1 is 0.857 bits per heavy atom. The summed E-state index contributed by atoms with van der Waals surface area (Å²) in [6.45, 7) is 7.34. The minimum atomic E-state index is -4.45. The second-order valence-corrected chi connectivity index (χ2v) is 8.16. The molecule has 144 valence electrons. The third-order valence-corrected chi connectivity index (χ3v) is 5.91. The van der Waals surface area contributed by atoms with Gasteiger partial charge in [0.25, 0.3) is 0 Å². The first-order chi connectivity index (χ1) is 13.0. The molecule has 3 nitrogen and oxygen atoms in total. The van der Waals surface area contributed by atoms with Crippen molar-refractivity contribution in [1.29, 1.82) is 0 Å². The van der Waals surface area contributed by atoms with Crippen LogP contribution in [0, 0.1) is 0 Å². The zero-order valence-corrected chi connectivity index (χ0v) is 16.1. The summed E-state index contributed by atoms with van der Waals surface area (Å²) >= 11 is 0. The molecule has 2 aromatic carbocycles. The van der Waals surface area contributed by atoms with E-state index in [2.05, 4.69) is 10.2 Å². The van der Waals surface area contributed by atoms with Crippen molar-refractivity contribution in [3.05, 3.63) is 70.9 Å². The van der Waals surface area contributed by atoms with Gasteiger partial charge in [-0.3, -0.25) is 4.99 Å². The van der Waals surface area contributed by atoms with Crippen LogP contribution in [-0.4, -0.2) is 21.4 Å². The number of nitrogens with zero attached hydrogens (tertiary/aromatic N) is 3. The molecule has 6 heteroatoms. The number of halogens is 3. The summed E-state index contributed by atoms with van der Waals surface area (Å²) in [6, 6.07) is 13.6. The molecule has 0 unspecified atom stereocenters. The van der Waals surface area contributed by atoms with Gasteiger partial charge in [0.05, 0.1) is 22.3 Å². The number of benzene rings is 2. The Labute approximate surface area is 161 Å². The molecule has 28 heavy (non-hydrogen) atoms. The second-order valence-electron chi connectivity index (χ2n) is 8.16. The van der Waals surface area contributed by atoms with Gasteiger partial charge in [-0.2, -0.15) is 13.2 Å². The van der Waals surface area contributed by atoms with E-state index in [0.29, 0.717) is 17.0 Å². The third-order valence-electron chi connectivity index (χ3n) is 5.91. The van der Waals surface area contributed by atoms with Gasteiger partial charge in [-0.1, -0.05) is 44.2 Å². The summed E-state index contributed by atoms with van der Waals surface area (Å²) in [5.41, 5.74) is 0.171. The fourth-order valence-corrected chi connectivity index (χ4v) is 3.74. The molecule has 0 bridgehead atoms. The molecule has 3 aromatic rings. The van der Waals surface area contributed by atoms with E-state index in [4.69, 9.17) is 4.99 Å². The van der Waals surface area contributed by atoms with Crippen LogP contribution in [0.4, 0.5) is 13.2 Å². The van der Waals surface area contributed by atoms with Crippen LogP contribution < -0.4 is 0 Å². The molecule has 0 fully saturated rings. The van der Waals surface area contributed by atoms with Gasteiger partial charge in [0.1, 0.15) is 5.69 Å². The van der Waals surface area contributed by atoms with Crippen LogP contribution in [0.5, 0.6) is 0 Å². The molecule has 0 aliphatic carbocycles. The molecule has 1 aliphatic heterocycles. The topological polar surface area (TPSA) is 38.1 Å². The van der Waals surface area contributed by atoms with Crippen molar-refractivity contribution < 1.29 is 13.2 Å². The molecule has 0 spiro atoms. The highest BCUT2D eigenvalue weighted by atomic mass is 19.4. The van der Waals surface area contributed by atoms with Crippen molar-refractivity contribution in [3.8, 4) is 0 Å². The van der Waals surface area contributed by atoms with Gasteiger partial charge < -0.3 is 0 Å². The molecule has 0 N–H and O–H groups in total. The third kappa shape index (κ3) is 2.70. The summed E-state index contributed by atoms with van der Waals surface area (Å²) in [4.78, 5) is 4.86. The lowest BCUT2D eigenvalue weighted by Gasteiger charge is -2.45. The first kappa shape index (κ1) is 18.6. The van der Waals surface area contributed by atoms with Crippen LogP contribution in [0.15, 0.2) is 53.5 Å². The van der Waals surface area contributed by atoms with E-state index in [0.717, 1.165) is 17.0 Å². The maximum atomic E-state index is 13.8. The van der Waals surface area contributed by atoms with E-state index in [1.165, 1.54) is 6.07 Å². The minimum absolute atomic E-state index is 0.257. The van der Waals surface area contributed by atoms with Crippen LogP contribution >= 0.6 is 0 Å². The van der Waals surface area contributed by atoms with Crippen LogP contribution in [0.3, 0.4) is 0 Å². The Balaban J connectivity index is 2.03. The Hall–Kier alpha value is -2.76. The fourth-order valence-electron chi connectivity index (χ4n) is 3.74. The highest BCUT2D eigenvalue weighted by Gasteiger charge is 2.49. The van der Waals surface area contributed by atoms with Crippen LogP contribution in [0.25, 0.3) is 10.9 Å². The monoisotopic (exact) mass is 383 g/mol. The second kappa shape index (κ2) is 5.87. The van der Waals surface area contributed by atoms with Crippen molar-refractivity contribution in [3.63, 3.8) is 0 Å². The molecular weight excluding hydrogens is 363 g/mol. The van der Waals surface area contributed by atoms with Crippen molar-refractivity contribution in [2.45, 2.75) is 44.8 Å². The van der Waals surface area contributed by atoms with Crippen LogP contribution in [-0.2, 0) is 11.6 Å². The van der Waals surface area contributed by atoms with Crippen LogP contribution in [0.1, 0.15) is 50.1 Å². The van der Waals surface area contributed by atoms with E-state index in [1.54, 1.807) is 6.07 Å². The number of hydrogen-bond acceptors (Lipinski definition) is 3. The summed E-state index contributed by atoms with van der Waals surface area (Å²) in [7, 11) is 0. The predicted molar refractivity (Wildman–Crippen MR) is 104 cm³/mol. The lowest BCUT2D eigenvalue weighted by atomic mass is 9.64. The van der Waals surface area contributed by atoms with Gasteiger partial charge in [-0.15, -0.1) is 10.2 Å². The lowest BCUT2D eigenvalue weighted by Crippen LogP contribution is -2.47. The summed E-state index contributed by atoms with van der Waals surface area (Å²) in [6.07, 6.45) is -4.45. The zero-order chi connectivity index (χ0) is 20.3. The summed E-state index contributed by atoms with van der Waals surface area (Å²) in [5, 5.41) is 9.37. The molecule has 1 aromatic heterocycles. The number of rotatable bonds is 1. The number of aromatic nitrogens is 2. The molecule has 0 atom stereocenters. The van der Waals surface area contributed by atoms with Gasteiger partial charge in [-0.25, -0.2) is 0 Å². The number of aliphatic imine (C=N–C) groups is 1. The van der Waals surface area contributed by atoms with Gasteiger partial charge in [-0.05, 0) is 37.6 Å². The molecule has 0 amide bonds. The zero-order valence-electron chi connectivity index (χ0n) is 16.1. The Bertz CT molecular complexity index is 1110. The minimum Gasteiger partial charge on any atom is -0.275 e. The summed E-state index contributed by atoms with van der Waals surface area (Å²) < 4.78 is 41.5. The van der Waals surface area contributed by atoms with E-state index >= 15 is 0 Å². The van der Waals surface area contributed by atoms with Crippen molar-refractivity contribution in [1.82, 2.24) is 10.2 Å². The van der Waals surface area contributed by atoms with E-state index in [1.807, 2.05) is 58.0 Å². The lowest BCUT2D eigenvalue weighted by molar-refractivity contribution is -0.139. The first-order valence-corrected chi connectivity index (χ1v) is 9.06. The number of fused-ring (bicyclic) bond motifs is 2. The predicted octanol–water partition coefficient (Wildman–Crippen LogP) is 5.56. The largest absolute Gasteiger partial charge is 0.416 e. The molecule has 0 radical (unpaired) electrons. The standard InChI is InChI=1S/C22H20F3N3/c1-20(2)18-14(9-7-10-15(18)22(23,24)25)19(26-21(20,3)4)17-12-13-8-5-6-11-16(13)27-28-17/h5-12H,1-4H3. The quantitative estimate of drug-likeness (QED) is 0.552.